The Morgan fingerprint density at radius 3 is 2.75 bits per heavy atom. The van der Waals surface area contributed by atoms with Crippen LogP contribution in [0.3, 0.4) is 0 Å². The molecule has 24 heavy (non-hydrogen) atoms. The summed E-state index contributed by atoms with van der Waals surface area (Å²) in [5.41, 5.74) is 6.94. The van der Waals surface area contributed by atoms with E-state index in [2.05, 4.69) is 15.5 Å². The fourth-order valence-corrected chi connectivity index (χ4v) is 2.54. The largest absolute Gasteiger partial charge is 0.345 e. The predicted octanol–water partition coefficient (Wildman–Crippen LogP) is 2.34. The van der Waals surface area contributed by atoms with Gasteiger partial charge in [0.05, 0.1) is 18.5 Å². The SMILES string of the molecule is CSCC[C@H](N)C(=O)NC(C)c1noc(Cc2ccccc2)n1.Cl. The molecule has 6 nitrogen and oxygen atoms in total. The number of hydrogen-bond donors (Lipinski definition) is 2. The van der Waals surface area contributed by atoms with Crippen molar-refractivity contribution in [3.05, 3.63) is 47.6 Å². The molecule has 0 aliphatic rings. The summed E-state index contributed by atoms with van der Waals surface area (Å²) in [6.07, 6.45) is 3.20. The van der Waals surface area contributed by atoms with E-state index in [9.17, 15) is 4.79 Å². The number of carbonyl (C=O) groups excluding carboxylic acids is 1. The molecule has 2 atom stereocenters. The zero-order chi connectivity index (χ0) is 16.7. The number of amides is 1. The van der Waals surface area contributed by atoms with Gasteiger partial charge < -0.3 is 15.6 Å². The van der Waals surface area contributed by atoms with Crippen LogP contribution in [0.15, 0.2) is 34.9 Å². The van der Waals surface area contributed by atoms with Crippen molar-refractivity contribution in [3.8, 4) is 0 Å². The molecule has 1 aromatic heterocycles. The lowest BCUT2D eigenvalue weighted by atomic mass is 10.1. The molecular weight excluding hydrogens is 348 g/mol. The van der Waals surface area contributed by atoms with Gasteiger partial charge >= 0.3 is 0 Å². The number of nitrogens with zero attached hydrogens (tertiary/aromatic N) is 2. The van der Waals surface area contributed by atoms with Crippen LogP contribution in [0.25, 0.3) is 0 Å². The average molecular weight is 371 g/mol. The molecule has 0 aliphatic carbocycles. The molecule has 1 amide bonds. The van der Waals surface area contributed by atoms with Crippen molar-refractivity contribution >= 4 is 30.1 Å². The van der Waals surface area contributed by atoms with Gasteiger partial charge in [0.15, 0.2) is 5.82 Å². The zero-order valence-corrected chi connectivity index (χ0v) is 15.4. The molecule has 0 fully saturated rings. The molecule has 1 unspecified atom stereocenters. The van der Waals surface area contributed by atoms with E-state index in [0.717, 1.165) is 11.3 Å². The lowest BCUT2D eigenvalue weighted by molar-refractivity contribution is -0.123. The molecule has 0 aliphatic heterocycles. The van der Waals surface area contributed by atoms with Crippen molar-refractivity contribution in [2.24, 2.45) is 5.73 Å². The monoisotopic (exact) mass is 370 g/mol. The standard InChI is InChI=1S/C16H22N4O2S.ClH/c1-11(18-16(21)13(17)8-9-23-2)15-19-14(22-20-15)10-12-6-4-3-5-7-12;/h3-7,11,13H,8-10,17H2,1-2H3,(H,18,21);1H/t11?,13-;/m0./s1. The molecule has 0 saturated heterocycles. The second kappa shape index (κ2) is 10.3. The number of nitrogens with two attached hydrogens (primary N) is 1. The minimum atomic E-state index is -0.513. The minimum Gasteiger partial charge on any atom is -0.345 e. The third kappa shape index (κ3) is 6.14. The van der Waals surface area contributed by atoms with E-state index >= 15 is 0 Å². The number of carbonyl (C=O) groups is 1. The van der Waals surface area contributed by atoms with E-state index in [0.29, 0.717) is 24.6 Å². The Morgan fingerprint density at radius 2 is 2.08 bits per heavy atom. The quantitative estimate of drug-likeness (QED) is 0.740. The van der Waals surface area contributed by atoms with E-state index in [1.807, 2.05) is 43.5 Å². The fraction of sp³-hybridized carbons (Fsp3) is 0.438. The molecular formula is C16H23ClN4O2S. The van der Waals surface area contributed by atoms with Crippen LogP contribution in [0, 0.1) is 0 Å². The summed E-state index contributed by atoms with van der Waals surface area (Å²) in [5, 5.41) is 6.76. The first-order chi connectivity index (χ1) is 11.1. The molecule has 1 aromatic carbocycles. The molecule has 0 saturated carbocycles. The van der Waals surface area contributed by atoms with E-state index in [4.69, 9.17) is 10.3 Å². The van der Waals surface area contributed by atoms with Crippen molar-refractivity contribution in [3.63, 3.8) is 0 Å². The highest BCUT2D eigenvalue weighted by Gasteiger charge is 2.19. The lowest BCUT2D eigenvalue weighted by Gasteiger charge is -2.14. The summed E-state index contributed by atoms with van der Waals surface area (Å²) in [7, 11) is 0. The number of rotatable bonds is 8. The van der Waals surface area contributed by atoms with Crippen molar-refractivity contribution in [1.82, 2.24) is 15.5 Å². The highest BCUT2D eigenvalue weighted by molar-refractivity contribution is 7.98. The first-order valence-corrected chi connectivity index (χ1v) is 8.91. The van der Waals surface area contributed by atoms with Gasteiger partial charge in [-0.25, -0.2) is 0 Å². The summed E-state index contributed by atoms with van der Waals surface area (Å²) in [5.74, 6) is 1.65. The molecule has 0 bridgehead atoms. The van der Waals surface area contributed by atoms with Gasteiger partial charge in [-0.3, -0.25) is 4.79 Å². The van der Waals surface area contributed by atoms with Crippen molar-refractivity contribution in [2.75, 3.05) is 12.0 Å². The Hall–Kier alpha value is -1.57. The van der Waals surface area contributed by atoms with Crippen molar-refractivity contribution in [2.45, 2.75) is 31.8 Å². The van der Waals surface area contributed by atoms with Crippen LogP contribution in [0.5, 0.6) is 0 Å². The van der Waals surface area contributed by atoms with Gasteiger partial charge in [0.25, 0.3) is 0 Å². The number of thioether (sulfide) groups is 1. The lowest BCUT2D eigenvalue weighted by Crippen LogP contribution is -2.42. The van der Waals surface area contributed by atoms with E-state index in [1.165, 1.54) is 0 Å². The Morgan fingerprint density at radius 1 is 1.38 bits per heavy atom. The van der Waals surface area contributed by atoms with Crippen molar-refractivity contribution < 1.29 is 9.32 Å². The number of nitrogens with one attached hydrogen (secondary N) is 1. The molecule has 2 rings (SSSR count). The van der Waals surface area contributed by atoms with Gasteiger partial charge in [0.2, 0.25) is 11.8 Å². The maximum absolute atomic E-state index is 12.0. The Balaban J connectivity index is 0.00000288. The summed E-state index contributed by atoms with van der Waals surface area (Å²) in [6.45, 7) is 1.82. The summed E-state index contributed by atoms with van der Waals surface area (Å²) in [4.78, 5) is 16.3. The summed E-state index contributed by atoms with van der Waals surface area (Å²) < 4.78 is 5.25. The van der Waals surface area contributed by atoms with Crippen LogP contribution in [0.4, 0.5) is 0 Å². The molecule has 0 radical (unpaired) electrons. The van der Waals surface area contributed by atoms with Crippen LogP contribution in [-0.4, -0.2) is 34.1 Å². The molecule has 0 spiro atoms. The van der Waals surface area contributed by atoms with Crippen molar-refractivity contribution in [1.29, 1.82) is 0 Å². The molecule has 132 valence electrons. The van der Waals surface area contributed by atoms with Crippen LogP contribution >= 0.6 is 24.2 Å². The third-order valence-electron chi connectivity index (χ3n) is 3.40. The molecule has 3 N–H and O–H groups in total. The van der Waals surface area contributed by atoms with E-state index in [1.54, 1.807) is 11.8 Å². The van der Waals surface area contributed by atoms with E-state index < -0.39 is 6.04 Å². The normalized spacial score (nSPS) is 13.0. The Bertz CT molecular complexity index is 624. The highest BCUT2D eigenvalue weighted by Crippen LogP contribution is 2.12. The molecule has 1 heterocycles. The van der Waals surface area contributed by atoms with E-state index in [-0.39, 0.29) is 24.4 Å². The number of benzene rings is 1. The Labute approximate surface area is 152 Å². The maximum Gasteiger partial charge on any atom is 0.237 e. The molecule has 8 heteroatoms. The number of hydrogen-bond acceptors (Lipinski definition) is 6. The second-order valence-electron chi connectivity index (χ2n) is 5.33. The van der Waals surface area contributed by atoms with Crippen LogP contribution in [-0.2, 0) is 11.2 Å². The van der Waals surface area contributed by atoms with Crippen LogP contribution in [0.2, 0.25) is 0 Å². The Kier molecular flexibility index (Phi) is 8.81. The smallest absolute Gasteiger partial charge is 0.237 e. The van der Waals surface area contributed by atoms with Gasteiger partial charge in [-0.1, -0.05) is 35.5 Å². The number of aromatic nitrogens is 2. The van der Waals surface area contributed by atoms with Gasteiger partial charge in [-0.2, -0.15) is 16.7 Å². The van der Waals surface area contributed by atoms with Gasteiger partial charge in [0, 0.05) is 0 Å². The third-order valence-corrected chi connectivity index (χ3v) is 4.04. The predicted molar refractivity (Wildman–Crippen MR) is 98.3 cm³/mol. The van der Waals surface area contributed by atoms with Gasteiger partial charge in [-0.15, -0.1) is 12.4 Å². The van der Waals surface area contributed by atoms with Crippen LogP contribution in [0.1, 0.15) is 36.7 Å². The van der Waals surface area contributed by atoms with Gasteiger partial charge in [0.1, 0.15) is 0 Å². The maximum atomic E-state index is 12.0. The number of halogens is 1. The second-order valence-corrected chi connectivity index (χ2v) is 6.31. The first-order valence-electron chi connectivity index (χ1n) is 7.51. The topological polar surface area (TPSA) is 94.0 Å². The molecule has 2 aromatic rings. The average Bonchev–Trinajstić information content (AvgIpc) is 3.02. The fourth-order valence-electron chi connectivity index (χ4n) is 2.05. The van der Waals surface area contributed by atoms with Crippen LogP contribution < -0.4 is 11.1 Å². The van der Waals surface area contributed by atoms with Gasteiger partial charge in [-0.05, 0) is 30.9 Å². The summed E-state index contributed by atoms with van der Waals surface area (Å²) >= 11 is 1.67. The highest BCUT2D eigenvalue weighted by atomic mass is 35.5. The summed E-state index contributed by atoms with van der Waals surface area (Å²) in [6, 6.07) is 9.04. The minimum absolute atomic E-state index is 0. The zero-order valence-electron chi connectivity index (χ0n) is 13.8. The first kappa shape index (κ1) is 20.5.